The average Bonchev–Trinajstić information content (AvgIpc) is 2.17. The zero-order chi connectivity index (χ0) is 12.0. The minimum absolute atomic E-state index is 0. The van der Waals surface area contributed by atoms with E-state index in [0.717, 1.165) is 38.8 Å². The number of amides is 1. The van der Waals surface area contributed by atoms with Gasteiger partial charge in [-0.3, -0.25) is 4.79 Å². The minimum atomic E-state index is 0. The molecule has 17 heavy (non-hydrogen) atoms. The molecule has 1 heterocycles. The lowest BCUT2D eigenvalue weighted by Gasteiger charge is -2.24. The van der Waals surface area contributed by atoms with Gasteiger partial charge >= 0.3 is 0 Å². The molecule has 0 aliphatic carbocycles. The van der Waals surface area contributed by atoms with Gasteiger partial charge in [0.25, 0.3) is 0 Å². The Labute approximate surface area is 112 Å². The van der Waals surface area contributed by atoms with E-state index in [0.29, 0.717) is 17.9 Å². The van der Waals surface area contributed by atoms with Gasteiger partial charge in [-0.1, -0.05) is 20.8 Å². The lowest BCUT2D eigenvalue weighted by atomic mass is 9.90. The first-order valence-electron chi connectivity index (χ1n) is 6.47. The third kappa shape index (κ3) is 8.44. The molecule has 4 heteroatoms. The molecule has 1 rings (SSSR count). The molecule has 0 aromatic rings. The molecule has 0 unspecified atom stereocenters. The summed E-state index contributed by atoms with van der Waals surface area (Å²) in [5.74, 6) is 0.233. The van der Waals surface area contributed by atoms with Crippen LogP contribution in [0, 0.1) is 5.41 Å². The maximum Gasteiger partial charge on any atom is 0.220 e. The predicted molar refractivity (Wildman–Crippen MR) is 74.6 cm³/mol. The normalized spacial score (nSPS) is 17.4. The summed E-state index contributed by atoms with van der Waals surface area (Å²) in [5.41, 5.74) is 0.342. The monoisotopic (exact) mass is 262 g/mol. The third-order valence-electron chi connectivity index (χ3n) is 3.03. The van der Waals surface area contributed by atoms with Crippen LogP contribution in [-0.4, -0.2) is 25.0 Å². The summed E-state index contributed by atoms with van der Waals surface area (Å²) in [6.07, 6.45) is 4.95. The Morgan fingerprint density at radius 3 is 2.41 bits per heavy atom. The molecule has 0 bridgehead atoms. The van der Waals surface area contributed by atoms with E-state index in [1.165, 1.54) is 0 Å². The highest BCUT2D eigenvalue weighted by Gasteiger charge is 2.16. The van der Waals surface area contributed by atoms with Crippen molar-refractivity contribution in [1.29, 1.82) is 0 Å². The molecular formula is C13H27ClN2O. The molecule has 1 aliphatic heterocycles. The molecule has 0 spiro atoms. The van der Waals surface area contributed by atoms with Gasteiger partial charge in [-0.05, 0) is 44.2 Å². The number of hydrogen-bond donors (Lipinski definition) is 2. The van der Waals surface area contributed by atoms with Crippen molar-refractivity contribution >= 4 is 18.3 Å². The lowest BCUT2D eigenvalue weighted by Crippen LogP contribution is -2.42. The fourth-order valence-corrected chi connectivity index (χ4v) is 2.05. The van der Waals surface area contributed by atoms with E-state index in [1.807, 2.05) is 0 Å². The van der Waals surface area contributed by atoms with Crippen LogP contribution in [0.4, 0.5) is 0 Å². The number of hydrogen-bond acceptors (Lipinski definition) is 2. The Bertz CT molecular complexity index is 220. The number of carbonyl (C=O) groups excluding carboxylic acids is 1. The Hall–Kier alpha value is -0.280. The van der Waals surface area contributed by atoms with E-state index in [4.69, 9.17) is 0 Å². The molecule has 2 N–H and O–H groups in total. The molecule has 102 valence electrons. The van der Waals surface area contributed by atoms with Crippen LogP contribution in [0.2, 0.25) is 0 Å². The third-order valence-corrected chi connectivity index (χ3v) is 3.03. The van der Waals surface area contributed by atoms with Crippen molar-refractivity contribution in [3.8, 4) is 0 Å². The number of nitrogens with one attached hydrogen (secondary N) is 2. The van der Waals surface area contributed by atoms with Gasteiger partial charge in [-0.15, -0.1) is 12.4 Å². The van der Waals surface area contributed by atoms with Crippen LogP contribution in [0.3, 0.4) is 0 Å². The van der Waals surface area contributed by atoms with Crippen LogP contribution in [0.25, 0.3) is 0 Å². The molecule has 1 aliphatic rings. The molecule has 1 amide bonds. The van der Waals surface area contributed by atoms with Crippen molar-refractivity contribution in [2.75, 3.05) is 13.1 Å². The van der Waals surface area contributed by atoms with Gasteiger partial charge in [-0.25, -0.2) is 0 Å². The number of carbonyl (C=O) groups is 1. The Morgan fingerprint density at radius 2 is 1.88 bits per heavy atom. The maximum atomic E-state index is 11.7. The molecule has 1 saturated heterocycles. The number of piperidine rings is 1. The van der Waals surface area contributed by atoms with Crippen molar-refractivity contribution in [3.05, 3.63) is 0 Å². The smallest absolute Gasteiger partial charge is 0.220 e. The first-order chi connectivity index (χ1) is 7.47. The fourth-order valence-electron chi connectivity index (χ4n) is 2.05. The van der Waals surface area contributed by atoms with Gasteiger partial charge in [0.2, 0.25) is 5.91 Å². The maximum absolute atomic E-state index is 11.7. The first-order valence-corrected chi connectivity index (χ1v) is 6.47. The summed E-state index contributed by atoms with van der Waals surface area (Å²) in [7, 11) is 0. The van der Waals surface area contributed by atoms with Crippen molar-refractivity contribution in [2.24, 2.45) is 5.41 Å². The lowest BCUT2D eigenvalue weighted by molar-refractivity contribution is -0.122. The molecular weight excluding hydrogens is 236 g/mol. The van der Waals surface area contributed by atoms with Crippen molar-refractivity contribution < 1.29 is 4.79 Å². The van der Waals surface area contributed by atoms with Crippen LogP contribution >= 0.6 is 12.4 Å². The van der Waals surface area contributed by atoms with Crippen molar-refractivity contribution in [3.63, 3.8) is 0 Å². The van der Waals surface area contributed by atoms with E-state index in [-0.39, 0.29) is 18.3 Å². The zero-order valence-corrected chi connectivity index (χ0v) is 12.2. The van der Waals surface area contributed by atoms with Gasteiger partial charge in [-0.2, -0.15) is 0 Å². The van der Waals surface area contributed by atoms with Crippen LogP contribution in [0.15, 0.2) is 0 Å². The Balaban J connectivity index is 0.00000256. The van der Waals surface area contributed by atoms with Crippen molar-refractivity contribution in [2.45, 2.75) is 58.9 Å². The van der Waals surface area contributed by atoms with Gasteiger partial charge in [0.15, 0.2) is 0 Å². The standard InChI is InChI=1S/C13H26N2O.ClH/c1-13(2,3)8-4-5-12(16)15-11-6-9-14-10-7-11;/h11,14H,4-10H2,1-3H3,(H,15,16);1H. The molecule has 0 aromatic carbocycles. The second-order valence-corrected chi connectivity index (χ2v) is 6.01. The van der Waals surface area contributed by atoms with E-state index >= 15 is 0 Å². The molecule has 0 radical (unpaired) electrons. The number of rotatable bonds is 4. The minimum Gasteiger partial charge on any atom is -0.353 e. The predicted octanol–water partition coefficient (Wildman–Crippen LogP) is 2.49. The van der Waals surface area contributed by atoms with Crippen LogP contribution in [0.1, 0.15) is 52.9 Å². The van der Waals surface area contributed by atoms with Crippen LogP contribution in [0.5, 0.6) is 0 Å². The summed E-state index contributed by atoms with van der Waals surface area (Å²) in [4.78, 5) is 11.7. The quantitative estimate of drug-likeness (QED) is 0.817. The SMILES string of the molecule is CC(C)(C)CCCC(=O)NC1CCNCC1.Cl. The first kappa shape index (κ1) is 16.7. The summed E-state index contributed by atoms with van der Waals surface area (Å²) in [6.45, 7) is 8.73. The van der Waals surface area contributed by atoms with Gasteiger partial charge < -0.3 is 10.6 Å². The van der Waals surface area contributed by atoms with Gasteiger partial charge in [0.05, 0.1) is 0 Å². The van der Waals surface area contributed by atoms with E-state index in [1.54, 1.807) is 0 Å². The molecule has 3 nitrogen and oxygen atoms in total. The highest BCUT2D eigenvalue weighted by Crippen LogP contribution is 2.21. The fraction of sp³-hybridized carbons (Fsp3) is 0.923. The second-order valence-electron chi connectivity index (χ2n) is 6.01. The molecule has 0 atom stereocenters. The molecule has 0 aromatic heterocycles. The summed E-state index contributed by atoms with van der Waals surface area (Å²) < 4.78 is 0. The topological polar surface area (TPSA) is 41.1 Å². The number of halogens is 1. The van der Waals surface area contributed by atoms with Gasteiger partial charge in [0.1, 0.15) is 0 Å². The van der Waals surface area contributed by atoms with Crippen molar-refractivity contribution in [1.82, 2.24) is 10.6 Å². The Morgan fingerprint density at radius 1 is 1.29 bits per heavy atom. The van der Waals surface area contributed by atoms with Gasteiger partial charge in [0, 0.05) is 12.5 Å². The molecule has 0 saturated carbocycles. The summed E-state index contributed by atoms with van der Waals surface area (Å²) in [6, 6.07) is 0.406. The average molecular weight is 263 g/mol. The summed E-state index contributed by atoms with van der Waals surface area (Å²) in [5, 5.41) is 6.43. The van der Waals surface area contributed by atoms with Crippen LogP contribution < -0.4 is 10.6 Å². The zero-order valence-electron chi connectivity index (χ0n) is 11.3. The highest BCUT2D eigenvalue weighted by molar-refractivity contribution is 5.85. The van der Waals surface area contributed by atoms with E-state index < -0.39 is 0 Å². The van der Waals surface area contributed by atoms with Crippen LogP contribution in [-0.2, 0) is 4.79 Å². The highest BCUT2D eigenvalue weighted by atomic mass is 35.5. The van der Waals surface area contributed by atoms with E-state index in [2.05, 4.69) is 31.4 Å². The second kappa shape index (κ2) is 7.93. The largest absolute Gasteiger partial charge is 0.353 e. The Kier molecular flexibility index (Phi) is 7.80. The van der Waals surface area contributed by atoms with E-state index in [9.17, 15) is 4.79 Å². The summed E-state index contributed by atoms with van der Waals surface area (Å²) >= 11 is 0. The molecule has 1 fully saturated rings.